The van der Waals surface area contributed by atoms with Gasteiger partial charge in [0.15, 0.2) is 0 Å². The molecule has 0 saturated heterocycles. The molecule has 0 fully saturated rings. The molecule has 0 bridgehead atoms. The summed E-state index contributed by atoms with van der Waals surface area (Å²) in [7, 11) is 1.64. The summed E-state index contributed by atoms with van der Waals surface area (Å²) in [5, 5.41) is 12.4. The van der Waals surface area contributed by atoms with Gasteiger partial charge in [-0.2, -0.15) is 5.10 Å². The van der Waals surface area contributed by atoms with Gasteiger partial charge in [-0.3, -0.25) is 9.89 Å². The largest absolute Gasteiger partial charge is 0.368 e. The molecule has 9 heteroatoms. The maximum Gasteiger partial charge on any atom is 0.221 e. The number of nitrogens with zero attached hydrogens (tertiary/aromatic N) is 4. The Bertz CT molecular complexity index is 1660. The number of hydrogen-bond donors (Lipinski definition) is 3. The molecule has 0 saturated carbocycles. The number of nitrogens with one attached hydrogen (secondary N) is 2. The molecule has 34 heavy (non-hydrogen) atoms. The van der Waals surface area contributed by atoms with Gasteiger partial charge in [0.1, 0.15) is 5.52 Å². The molecule has 4 aromatic heterocycles. The lowest BCUT2D eigenvalue weighted by atomic mass is 10.0. The van der Waals surface area contributed by atoms with Gasteiger partial charge in [-0.05, 0) is 35.2 Å². The van der Waals surface area contributed by atoms with Gasteiger partial charge in [0, 0.05) is 52.3 Å². The van der Waals surface area contributed by atoms with Gasteiger partial charge < -0.3 is 15.6 Å². The van der Waals surface area contributed by atoms with Gasteiger partial charge in [-0.1, -0.05) is 18.2 Å². The van der Waals surface area contributed by atoms with Crippen molar-refractivity contribution in [3.05, 3.63) is 61.1 Å². The first-order valence-corrected chi connectivity index (χ1v) is 11.7. The van der Waals surface area contributed by atoms with Crippen molar-refractivity contribution in [2.75, 3.05) is 12.8 Å². The third kappa shape index (κ3) is 3.37. The van der Waals surface area contributed by atoms with Crippen LogP contribution in [-0.2, 0) is 11.3 Å². The zero-order chi connectivity index (χ0) is 23.2. The molecule has 6 aromatic rings. The van der Waals surface area contributed by atoms with Crippen LogP contribution < -0.4 is 11.1 Å². The summed E-state index contributed by atoms with van der Waals surface area (Å²) in [5.74, 6) is 0.193. The van der Waals surface area contributed by atoms with Gasteiger partial charge in [0.05, 0.1) is 23.4 Å². The maximum atomic E-state index is 11.9. The van der Waals surface area contributed by atoms with E-state index in [9.17, 15) is 4.79 Å². The number of aryl methyl sites for hydroxylation is 1. The van der Waals surface area contributed by atoms with Crippen LogP contribution in [0.5, 0.6) is 0 Å². The summed E-state index contributed by atoms with van der Waals surface area (Å²) in [4.78, 5) is 21.8. The smallest absolute Gasteiger partial charge is 0.221 e. The molecular weight excluding hydrogens is 446 g/mol. The molecule has 4 N–H and O–H groups in total. The minimum absolute atomic E-state index is 0.0216. The van der Waals surface area contributed by atoms with Crippen LogP contribution in [0.25, 0.3) is 53.6 Å². The van der Waals surface area contributed by atoms with Crippen molar-refractivity contribution in [1.29, 1.82) is 0 Å². The van der Waals surface area contributed by atoms with Gasteiger partial charge in [0.2, 0.25) is 11.9 Å². The second kappa shape index (κ2) is 7.96. The van der Waals surface area contributed by atoms with Crippen molar-refractivity contribution < 1.29 is 4.79 Å². The van der Waals surface area contributed by atoms with Crippen LogP contribution in [0.3, 0.4) is 0 Å². The van der Waals surface area contributed by atoms with Crippen molar-refractivity contribution in [3.63, 3.8) is 0 Å². The number of benzene rings is 2. The number of H-pyrrole nitrogens is 1. The first kappa shape index (κ1) is 20.4. The van der Waals surface area contributed by atoms with Crippen LogP contribution >= 0.6 is 11.3 Å². The fourth-order valence-electron chi connectivity index (χ4n) is 4.35. The predicted molar refractivity (Wildman–Crippen MR) is 137 cm³/mol. The van der Waals surface area contributed by atoms with Crippen LogP contribution in [0.4, 0.5) is 5.95 Å². The van der Waals surface area contributed by atoms with E-state index in [2.05, 4.69) is 67.9 Å². The number of anilines is 1. The van der Waals surface area contributed by atoms with E-state index in [4.69, 9.17) is 5.73 Å². The lowest BCUT2D eigenvalue weighted by Crippen LogP contribution is -2.19. The first-order chi connectivity index (χ1) is 16.6. The predicted octanol–water partition coefficient (Wildman–Crippen LogP) is 4.57. The number of amides is 1. The molecule has 0 atom stereocenters. The van der Waals surface area contributed by atoms with E-state index < -0.39 is 0 Å². The van der Waals surface area contributed by atoms with Crippen LogP contribution in [-0.4, -0.2) is 37.7 Å². The fraction of sp³-hybridized carbons (Fsp3) is 0.120. The minimum atomic E-state index is -0.0216. The number of carbonyl (C=O) groups is 1. The lowest BCUT2D eigenvalue weighted by molar-refractivity contribution is -0.120. The Morgan fingerprint density at radius 1 is 1.15 bits per heavy atom. The standard InChI is InChI=1S/C25H21N7OS/c1-27-22(33)6-7-32-13-18(24-19(32)12-28-25(26)30-24)15-8-16-11-29-31-23(16)17(9-15)21-10-14-4-2-3-5-20(14)34-21/h2-5,8-13H,6-7H2,1H3,(H,27,33)(H,29,31)(H2,26,28,30). The number of aromatic amines is 1. The quantitative estimate of drug-likeness (QED) is 0.343. The third-order valence-electron chi connectivity index (χ3n) is 6.05. The Hall–Kier alpha value is -4.24. The summed E-state index contributed by atoms with van der Waals surface area (Å²) in [6, 6.07) is 14.9. The first-order valence-electron chi connectivity index (χ1n) is 10.9. The molecule has 0 aliphatic rings. The zero-order valence-corrected chi connectivity index (χ0v) is 19.2. The number of rotatable bonds is 5. The molecule has 0 radical (unpaired) electrons. The van der Waals surface area contributed by atoms with Crippen molar-refractivity contribution in [2.24, 2.45) is 0 Å². The average molecular weight is 468 g/mol. The highest BCUT2D eigenvalue weighted by molar-refractivity contribution is 7.22. The van der Waals surface area contributed by atoms with E-state index in [0.717, 1.165) is 43.5 Å². The number of thiophene rings is 1. The fourth-order valence-corrected chi connectivity index (χ4v) is 5.43. The Balaban J connectivity index is 1.55. The molecule has 0 unspecified atom stereocenters. The Labute approximate surface area is 198 Å². The van der Waals surface area contributed by atoms with Crippen molar-refractivity contribution >= 4 is 55.2 Å². The summed E-state index contributed by atoms with van der Waals surface area (Å²) >= 11 is 1.75. The highest BCUT2D eigenvalue weighted by atomic mass is 32.1. The normalized spacial score (nSPS) is 11.6. The molecule has 1 amide bonds. The molecular formula is C25H21N7OS. The Kier molecular flexibility index (Phi) is 4.77. The monoisotopic (exact) mass is 467 g/mol. The van der Waals surface area contributed by atoms with Gasteiger partial charge in [0.25, 0.3) is 0 Å². The van der Waals surface area contributed by atoms with Gasteiger partial charge >= 0.3 is 0 Å². The molecule has 0 spiro atoms. The van der Waals surface area contributed by atoms with Crippen LogP contribution in [0.15, 0.2) is 61.1 Å². The summed E-state index contributed by atoms with van der Waals surface area (Å²) in [6.45, 7) is 0.514. The van der Waals surface area contributed by atoms with Crippen LogP contribution in [0.2, 0.25) is 0 Å². The van der Waals surface area contributed by atoms with Crippen LogP contribution in [0, 0.1) is 0 Å². The lowest BCUT2D eigenvalue weighted by Gasteiger charge is -2.06. The Morgan fingerprint density at radius 3 is 2.88 bits per heavy atom. The number of nitrogen functional groups attached to an aromatic ring is 1. The molecule has 168 valence electrons. The second-order valence-electron chi connectivity index (χ2n) is 8.13. The molecule has 2 aromatic carbocycles. The Morgan fingerprint density at radius 2 is 2.03 bits per heavy atom. The number of fused-ring (bicyclic) bond motifs is 3. The van der Waals surface area contributed by atoms with E-state index >= 15 is 0 Å². The number of hydrogen-bond acceptors (Lipinski definition) is 6. The minimum Gasteiger partial charge on any atom is -0.368 e. The highest BCUT2D eigenvalue weighted by Crippen LogP contribution is 2.40. The van der Waals surface area contributed by atoms with E-state index in [-0.39, 0.29) is 11.9 Å². The molecule has 0 aliphatic carbocycles. The maximum absolute atomic E-state index is 11.9. The molecule has 4 heterocycles. The van der Waals surface area contributed by atoms with Gasteiger partial charge in [-0.15, -0.1) is 11.3 Å². The number of nitrogens with two attached hydrogens (primary N) is 1. The van der Waals surface area contributed by atoms with Crippen molar-refractivity contribution in [3.8, 4) is 21.6 Å². The topological polar surface area (TPSA) is 115 Å². The van der Waals surface area contributed by atoms with Crippen LogP contribution in [0.1, 0.15) is 6.42 Å². The van der Waals surface area contributed by atoms with E-state index in [1.807, 2.05) is 17.0 Å². The summed E-state index contributed by atoms with van der Waals surface area (Å²) in [6.07, 6.45) is 5.94. The van der Waals surface area contributed by atoms with E-state index in [1.54, 1.807) is 24.6 Å². The summed E-state index contributed by atoms with van der Waals surface area (Å²) < 4.78 is 3.25. The van der Waals surface area contributed by atoms with Crippen molar-refractivity contribution in [1.82, 2.24) is 30.0 Å². The second-order valence-corrected chi connectivity index (χ2v) is 9.21. The number of carbonyl (C=O) groups excluding carboxylic acids is 1. The van der Waals surface area contributed by atoms with Crippen molar-refractivity contribution in [2.45, 2.75) is 13.0 Å². The van der Waals surface area contributed by atoms with Gasteiger partial charge in [-0.25, -0.2) is 9.97 Å². The SMILES string of the molecule is CNC(=O)CCn1cc(-c2cc(-c3cc4ccccc4s3)c3[nH]ncc3c2)c2nc(N)ncc21. The highest BCUT2D eigenvalue weighted by Gasteiger charge is 2.17. The molecule has 6 rings (SSSR count). The molecule has 8 nitrogen and oxygen atoms in total. The van der Waals surface area contributed by atoms with E-state index in [1.165, 1.54) is 10.1 Å². The zero-order valence-electron chi connectivity index (χ0n) is 18.4. The average Bonchev–Trinajstić information content (AvgIpc) is 3.58. The molecule has 0 aliphatic heterocycles. The van der Waals surface area contributed by atoms with E-state index in [0.29, 0.717) is 13.0 Å². The summed E-state index contributed by atoms with van der Waals surface area (Å²) in [5.41, 5.74) is 11.6. The third-order valence-corrected chi connectivity index (χ3v) is 7.20. The number of aromatic nitrogens is 5.